The van der Waals surface area contributed by atoms with E-state index >= 15 is 0 Å². The van der Waals surface area contributed by atoms with Crippen molar-refractivity contribution in [1.29, 1.82) is 0 Å². The number of hydrogen-bond acceptors (Lipinski definition) is 13. The van der Waals surface area contributed by atoms with E-state index in [2.05, 4.69) is 24.7 Å². The number of rotatable bonds is 9. The summed E-state index contributed by atoms with van der Waals surface area (Å²) in [5.41, 5.74) is 5.38. The van der Waals surface area contributed by atoms with E-state index in [-0.39, 0.29) is 23.2 Å². The molecule has 2 amide bonds. The Hall–Kier alpha value is -3.22. The summed E-state index contributed by atoms with van der Waals surface area (Å²) in [6.07, 6.45) is 5.78. The Labute approximate surface area is 224 Å². The van der Waals surface area contributed by atoms with E-state index in [0.29, 0.717) is 11.3 Å². The molecule has 3 aromatic rings. The number of carbonyl (C=O) groups excluding carboxylic acids is 3. The van der Waals surface area contributed by atoms with Gasteiger partial charge in [-0.3, -0.25) is 14.5 Å². The van der Waals surface area contributed by atoms with Crippen molar-refractivity contribution in [3.05, 3.63) is 34.9 Å². The number of nitrogens with zero attached hydrogens (tertiary/aromatic N) is 6. The number of thiazole rings is 1. The molecule has 194 valence electrons. The Morgan fingerprint density at radius 2 is 2.30 bits per heavy atom. The van der Waals surface area contributed by atoms with Gasteiger partial charge in [-0.2, -0.15) is 13.8 Å². The predicted octanol–water partition coefficient (Wildman–Crippen LogP) is -0.804. The lowest BCUT2D eigenvalue weighted by Gasteiger charge is -2.50. The van der Waals surface area contributed by atoms with Crippen LogP contribution in [-0.2, 0) is 25.8 Å². The third-order valence-corrected chi connectivity index (χ3v) is 8.98. The molecule has 37 heavy (non-hydrogen) atoms. The van der Waals surface area contributed by atoms with Crippen LogP contribution in [0.4, 0.5) is 9.52 Å². The number of carbonyl (C=O) groups is 3. The highest BCUT2D eigenvalue weighted by molar-refractivity contribution is 8.00. The number of β-lactam (4-membered cyclic amide) rings is 1. The first-order chi connectivity index (χ1) is 17.8. The molecule has 0 unspecified atom stereocenters. The number of carboxylic acid groups (broad SMARTS) is 1. The monoisotopic (exact) mass is 584 g/mol. The molecule has 1 saturated heterocycles. The molecule has 1 fully saturated rings. The Morgan fingerprint density at radius 3 is 2.97 bits per heavy atom. The standard InChI is InChI=1S/C19H17FN8O5S4/c1-34-19-26(5-9-27(19)2-3-35-9)4-8-6-36-16-11(15(30)28(16)12(8)17(31)32)22-14(29)10(24-33-7-20)13-23-18(21)37-25-13/h2-3,5,11,16H,4,6-7H2,1H3,(H3-,21,22,23,25,29,31,32)/b24-10-/t11-,16-/m1/s1. The zero-order valence-electron chi connectivity index (χ0n) is 18.8. The average molecular weight is 585 g/mol. The lowest BCUT2D eigenvalue weighted by Crippen LogP contribution is -2.71. The van der Waals surface area contributed by atoms with E-state index in [9.17, 15) is 23.9 Å². The van der Waals surface area contributed by atoms with Crippen molar-refractivity contribution in [1.82, 2.24) is 24.0 Å². The first-order valence-corrected chi connectivity index (χ1v) is 14.3. The van der Waals surface area contributed by atoms with Gasteiger partial charge in [0.05, 0.1) is 11.7 Å². The highest BCUT2D eigenvalue weighted by atomic mass is 32.2. The van der Waals surface area contributed by atoms with Crippen molar-refractivity contribution in [2.24, 2.45) is 5.16 Å². The van der Waals surface area contributed by atoms with Gasteiger partial charge in [0.25, 0.3) is 18.7 Å². The summed E-state index contributed by atoms with van der Waals surface area (Å²) >= 11 is 5.17. The van der Waals surface area contributed by atoms with E-state index < -0.39 is 41.8 Å². The number of nitrogen functional groups attached to an aromatic ring is 1. The van der Waals surface area contributed by atoms with Crippen molar-refractivity contribution >= 4 is 79.9 Å². The fourth-order valence-corrected chi connectivity index (χ4v) is 7.32. The quantitative estimate of drug-likeness (QED) is 0.107. The highest BCUT2D eigenvalue weighted by Gasteiger charge is 2.53. The lowest BCUT2D eigenvalue weighted by molar-refractivity contribution is -0.724. The van der Waals surface area contributed by atoms with Crippen LogP contribution in [0.1, 0.15) is 5.82 Å². The number of imidazole rings is 1. The molecule has 0 bridgehead atoms. The second-order valence-corrected chi connectivity index (χ2v) is 11.2. The second-order valence-electron chi connectivity index (χ2n) is 7.59. The van der Waals surface area contributed by atoms with Crippen LogP contribution in [0.25, 0.3) is 4.83 Å². The van der Waals surface area contributed by atoms with Crippen molar-refractivity contribution in [3.8, 4) is 0 Å². The minimum atomic E-state index is -1.48. The molecule has 3 aromatic heterocycles. The number of thioether (sulfide) groups is 2. The number of nitrogens with one attached hydrogen (secondary N) is 1. The maximum Gasteiger partial charge on any atom is 0.323 e. The molecule has 2 atom stereocenters. The van der Waals surface area contributed by atoms with Gasteiger partial charge in [-0.1, -0.05) is 16.5 Å². The average Bonchev–Trinajstić information content (AvgIpc) is 3.58. The molecule has 0 aliphatic carbocycles. The summed E-state index contributed by atoms with van der Waals surface area (Å²) in [4.78, 5) is 48.3. The minimum absolute atomic E-state index is 0.0475. The SMILES string of the molecule is CSc1n2ccsc2c[n+]1CC1=C(C(=O)[O-])N2C(=O)[C@@H](NC(=O)/C(=N\OCF)c3nsc(N)n3)[C@H]2SC1. The van der Waals surface area contributed by atoms with Crippen LogP contribution in [0.5, 0.6) is 0 Å². The minimum Gasteiger partial charge on any atom is -0.543 e. The number of anilines is 1. The Kier molecular flexibility index (Phi) is 7.06. The van der Waals surface area contributed by atoms with Crippen LogP contribution in [0, 0.1) is 0 Å². The van der Waals surface area contributed by atoms with Crippen molar-refractivity contribution in [2.75, 3.05) is 24.6 Å². The first-order valence-electron chi connectivity index (χ1n) is 10.4. The van der Waals surface area contributed by atoms with Crippen LogP contribution >= 0.6 is 46.4 Å². The normalized spacial score (nSPS) is 19.7. The Balaban J connectivity index is 1.37. The number of hydrogen-bond donors (Lipinski definition) is 2. The van der Waals surface area contributed by atoms with Crippen LogP contribution in [0.15, 0.2) is 39.4 Å². The van der Waals surface area contributed by atoms with E-state index in [4.69, 9.17) is 5.73 Å². The van der Waals surface area contributed by atoms with Gasteiger partial charge in [0.1, 0.15) is 30.4 Å². The number of fused-ring (bicyclic) bond motifs is 2. The van der Waals surface area contributed by atoms with Gasteiger partial charge >= 0.3 is 5.16 Å². The summed E-state index contributed by atoms with van der Waals surface area (Å²) in [7, 11) is 0. The summed E-state index contributed by atoms with van der Waals surface area (Å²) in [6, 6.07) is -1.06. The van der Waals surface area contributed by atoms with E-state index in [1.54, 1.807) is 11.3 Å². The fourth-order valence-electron chi connectivity index (χ4n) is 4.01. The van der Waals surface area contributed by atoms with Gasteiger partial charge in [-0.15, -0.1) is 11.8 Å². The van der Waals surface area contributed by atoms with Crippen LogP contribution in [0.2, 0.25) is 0 Å². The van der Waals surface area contributed by atoms with Crippen LogP contribution in [-0.4, -0.2) is 72.4 Å². The number of nitrogens with two attached hydrogens (primary N) is 1. The molecule has 0 aromatic carbocycles. The first kappa shape index (κ1) is 25.4. The molecular weight excluding hydrogens is 568 g/mol. The lowest BCUT2D eigenvalue weighted by atomic mass is 10.0. The van der Waals surface area contributed by atoms with Crippen molar-refractivity contribution in [2.45, 2.75) is 23.1 Å². The van der Waals surface area contributed by atoms with E-state index in [1.807, 2.05) is 33.0 Å². The van der Waals surface area contributed by atoms with Gasteiger partial charge in [-0.05, 0) is 18.0 Å². The molecule has 2 aliphatic rings. The maximum absolute atomic E-state index is 13.0. The summed E-state index contributed by atoms with van der Waals surface area (Å²) in [5.74, 6) is -2.91. The summed E-state index contributed by atoms with van der Waals surface area (Å²) < 4.78 is 20.3. The smallest absolute Gasteiger partial charge is 0.323 e. The van der Waals surface area contributed by atoms with Gasteiger partial charge in [-0.25, -0.2) is 8.96 Å². The number of halogens is 1. The molecule has 13 nitrogen and oxygen atoms in total. The van der Waals surface area contributed by atoms with Crippen molar-refractivity contribution in [3.63, 3.8) is 0 Å². The number of amides is 2. The third-order valence-electron chi connectivity index (χ3n) is 5.50. The fraction of sp³-hybridized carbons (Fsp3) is 0.316. The second kappa shape index (κ2) is 10.3. The molecular formula is C19H17FN8O5S4. The van der Waals surface area contributed by atoms with Crippen LogP contribution < -0.4 is 20.7 Å². The molecule has 0 radical (unpaired) electrons. The molecule has 5 heterocycles. The summed E-state index contributed by atoms with van der Waals surface area (Å²) in [6.45, 7) is -1.05. The predicted molar refractivity (Wildman–Crippen MR) is 132 cm³/mol. The number of carboxylic acids is 1. The highest BCUT2D eigenvalue weighted by Crippen LogP contribution is 2.40. The van der Waals surface area contributed by atoms with E-state index in [0.717, 1.165) is 26.4 Å². The molecule has 18 heteroatoms. The number of alkyl halides is 1. The summed E-state index contributed by atoms with van der Waals surface area (Å²) in [5, 5.41) is 20.3. The maximum atomic E-state index is 13.0. The Morgan fingerprint density at radius 1 is 1.49 bits per heavy atom. The number of oxime groups is 1. The van der Waals surface area contributed by atoms with Crippen molar-refractivity contribution < 1.29 is 33.3 Å². The zero-order chi connectivity index (χ0) is 26.3. The van der Waals surface area contributed by atoms with E-state index in [1.165, 1.54) is 23.5 Å². The third kappa shape index (κ3) is 4.53. The van der Waals surface area contributed by atoms with Gasteiger partial charge < -0.3 is 25.8 Å². The zero-order valence-corrected chi connectivity index (χ0v) is 22.1. The topological polar surface area (TPSA) is 171 Å². The van der Waals surface area contributed by atoms with Gasteiger partial charge in [0.2, 0.25) is 16.4 Å². The number of aliphatic carboxylic acids is 1. The molecule has 5 rings (SSSR count). The van der Waals surface area contributed by atoms with Crippen LogP contribution in [0.3, 0.4) is 0 Å². The number of aromatic nitrogens is 4. The molecule has 2 aliphatic heterocycles. The molecule has 0 saturated carbocycles. The molecule has 3 N–H and O–H groups in total. The largest absolute Gasteiger partial charge is 0.543 e. The van der Waals surface area contributed by atoms with Gasteiger partial charge in [0.15, 0.2) is 5.13 Å². The Bertz CT molecular complexity index is 1470. The molecule has 0 spiro atoms. The van der Waals surface area contributed by atoms with Gasteiger partial charge in [0, 0.05) is 28.2 Å².